The monoisotopic (exact) mass is 347 g/mol. The summed E-state index contributed by atoms with van der Waals surface area (Å²) in [5.74, 6) is 0.631. The lowest BCUT2D eigenvalue weighted by Gasteiger charge is -2.14. The van der Waals surface area contributed by atoms with Crippen LogP contribution in [0.4, 0.5) is 0 Å². The van der Waals surface area contributed by atoms with Gasteiger partial charge in [-0.25, -0.2) is 4.79 Å². The number of nitrogens with one attached hydrogen (secondary N) is 1. The maximum atomic E-state index is 12.1. The molecule has 0 aliphatic carbocycles. The number of aryl methyl sites for hydroxylation is 1. The lowest BCUT2D eigenvalue weighted by molar-refractivity contribution is -0.129. The fraction of sp³-hybridized carbons (Fsp3) is 0.333. The van der Waals surface area contributed by atoms with E-state index in [1.807, 2.05) is 6.07 Å². The fourth-order valence-electron chi connectivity index (χ4n) is 2.20. The molecule has 1 heterocycles. The van der Waals surface area contributed by atoms with Gasteiger partial charge < -0.3 is 23.9 Å². The summed E-state index contributed by atoms with van der Waals surface area (Å²) in [6.07, 6.45) is 0.468. The molecule has 7 nitrogen and oxygen atoms in total. The SMILES string of the molecule is COc1ccc(CNC(=O)[C@@H](C)OC(=O)c2ccoc2C)cc1OC. The van der Waals surface area contributed by atoms with Gasteiger partial charge in [0.2, 0.25) is 0 Å². The van der Waals surface area contributed by atoms with E-state index in [2.05, 4.69) is 5.32 Å². The first-order valence-corrected chi connectivity index (χ1v) is 7.70. The van der Waals surface area contributed by atoms with Crippen molar-refractivity contribution in [1.82, 2.24) is 5.32 Å². The van der Waals surface area contributed by atoms with E-state index in [4.69, 9.17) is 18.6 Å². The van der Waals surface area contributed by atoms with Crippen LogP contribution in [0.1, 0.15) is 28.6 Å². The minimum absolute atomic E-state index is 0.270. The van der Waals surface area contributed by atoms with Crippen molar-refractivity contribution in [3.63, 3.8) is 0 Å². The highest BCUT2D eigenvalue weighted by Crippen LogP contribution is 2.27. The van der Waals surface area contributed by atoms with Gasteiger partial charge in [0.1, 0.15) is 11.3 Å². The van der Waals surface area contributed by atoms with E-state index in [9.17, 15) is 9.59 Å². The molecule has 0 radical (unpaired) electrons. The van der Waals surface area contributed by atoms with Crippen LogP contribution in [-0.4, -0.2) is 32.2 Å². The Labute approximate surface area is 145 Å². The van der Waals surface area contributed by atoms with E-state index in [0.29, 0.717) is 22.8 Å². The molecule has 0 aliphatic rings. The highest BCUT2D eigenvalue weighted by atomic mass is 16.5. The Morgan fingerprint density at radius 3 is 2.48 bits per heavy atom. The number of hydrogen-bond acceptors (Lipinski definition) is 6. The van der Waals surface area contributed by atoms with E-state index in [1.165, 1.54) is 19.3 Å². The van der Waals surface area contributed by atoms with Crippen molar-refractivity contribution in [3.8, 4) is 11.5 Å². The van der Waals surface area contributed by atoms with Crippen LogP contribution in [0.25, 0.3) is 0 Å². The standard InChI is InChI=1S/C18H21NO6/c1-11-14(7-8-24-11)18(21)25-12(2)17(20)19-10-13-5-6-15(22-3)16(9-13)23-4/h5-9,12H,10H2,1-4H3,(H,19,20)/t12-/m1/s1. The Bertz CT molecular complexity index is 752. The van der Waals surface area contributed by atoms with Crippen molar-refractivity contribution in [1.29, 1.82) is 0 Å². The number of benzene rings is 1. The van der Waals surface area contributed by atoms with Gasteiger partial charge in [0, 0.05) is 6.54 Å². The second-order valence-corrected chi connectivity index (χ2v) is 5.35. The van der Waals surface area contributed by atoms with Crippen molar-refractivity contribution in [3.05, 3.63) is 47.4 Å². The van der Waals surface area contributed by atoms with Crippen LogP contribution in [0, 0.1) is 6.92 Å². The molecule has 0 fully saturated rings. The number of ether oxygens (including phenoxy) is 3. The molecule has 25 heavy (non-hydrogen) atoms. The predicted octanol–water partition coefficient (Wildman–Crippen LogP) is 2.47. The van der Waals surface area contributed by atoms with Gasteiger partial charge in [-0.2, -0.15) is 0 Å². The highest BCUT2D eigenvalue weighted by molar-refractivity contribution is 5.92. The summed E-state index contributed by atoms with van der Waals surface area (Å²) in [4.78, 5) is 24.1. The van der Waals surface area contributed by atoms with Crippen molar-refractivity contribution in [2.75, 3.05) is 14.2 Å². The zero-order chi connectivity index (χ0) is 18.4. The topological polar surface area (TPSA) is 87.0 Å². The quantitative estimate of drug-likeness (QED) is 0.774. The van der Waals surface area contributed by atoms with Crippen LogP contribution in [-0.2, 0) is 16.1 Å². The number of carbonyl (C=O) groups excluding carboxylic acids is 2. The molecule has 134 valence electrons. The summed E-state index contributed by atoms with van der Waals surface area (Å²) in [6.45, 7) is 3.43. The minimum atomic E-state index is -0.929. The van der Waals surface area contributed by atoms with Crippen LogP contribution in [0.15, 0.2) is 34.9 Å². The summed E-state index contributed by atoms with van der Waals surface area (Å²) < 4.78 is 20.6. The van der Waals surface area contributed by atoms with Crippen molar-refractivity contribution in [2.24, 2.45) is 0 Å². The number of esters is 1. The molecule has 1 amide bonds. The summed E-state index contributed by atoms with van der Waals surface area (Å²) >= 11 is 0. The van der Waals surface area contributed by atoms with Gasteiger partial charge in [0.25, 0.3) is 5.91 Å². The third-order valence-corrected chi connectivity index (χ3v) is 3.65. The van der Waals surface area contributed by atoms with Gasteiger partial charge in [-0.05, 0) is 37.6 Å². The van der Waals surface area contributed by atoms with E-state index in [1.54, 1.807) is 33.3 Å². The average Bonchev–Trinajstić information content (AvgIpc) is 3.05. The number of amides is 1. The first kappa shape index (κ1) is 18.4. The Balaban J connectivity index is 1.91. The molecule has 0 aliphatic heterocycles. The number of methoxy groups -OCH3 is 2. The van der Waals surface area contributed by atoms with Gasteiger partial charge in [-0.15, -0.1) is 0 Å². The van der Waals surface area contributed by atoms with Gasteiger partial charge in [0.15, 0.2) is 17.6 Å². The normalized spacial score (nSPS) is 11.5. The molecule has 0 saturated carbocycles. The summed E-state index contributed by atoms with van der Waals surface area (Å²) in [7, 11) is 3.09. The number of furan rings is 1. The Morgan fingerprint density at radius 2 is 1.88 bits per heavy atom. The van der Waals surface area contributed by atoms with Crippen LogP contribution in [0.5, 0.6) is 11.5 Å². The van der Waals surface area contributed by atoms with Crippen LogP contribution >= 0.6 is 0 Å². The first-order chi connectivity index (χ1) is 12.0. The lowest BCUT2D eigenvalue weighted by Crippen LogP contribution is -2.35. The van der Waals surface area contributed by atoms with Crippen LogP contribution < -0.4 is 14.8 Å². The molecule has 7 heteroatoms. The zero-order valence-corrected chi connectivity index (χ0v) is 14.6. The lowest BCUT2D eigenvalue weighted by atomic mass is 10.2. The number of carbonyl (C=O) groups is 2. The van der Waals surface area contributed by atoms with Gasteiger partial charge >= 0.3 is 5.97 Å². The molecule has 2 rings (SSSR count). The molecule has 1 N–H and O–H groups in total. The third kappa shape index (κ3) is 4.53. The Kier molecular flexibility index (Phi) is 6.05. The Hall–Kier alpha value is -2.96. The molecule has 1 aromatic heterocycles. The molecule has 1 aromatic carbocycles. The van der Waals surface area contributed by atoms with Crippen LogP contribution in [0.2, 0.25) is 0 Å². The predicted molar refractivity (Wildman–Crippen MR) is 89.7 cm³/mol. The second-order valence-electron chi connectivity index (χ2n) is 5.35. The molecule has 2 aromatic rings. The number of hydrogen-bond donors (Lipinski definition) is 1. The average molecular weight is 347 g/mol. The molecule has 0 unspecified atom stereocenters. The third-order valence-electron chi connectivity index (χ3n) is 3.65. The zero-order valence-electron chi connectivity index (χ0n) is 14.6. The van der Waals surface area contributed by atoms with Crippen molar-refractivity contribution in [2.45, 2.75) is 26.5 Å². The van der Waals surface area contributed by atoms with E-state index >= 15 is 0 Å². The molecule has 0 bridgehead atoms. The maximum absolute atomic E-state index is 12.1. The minimum Gasteiger partial charge on any atom is -0.493 e. The molecule has 0 saturated heterocycles. The van der Waals surface area contributed by atoms with E-state index < -0.39 is 18.0 Å². The van der Waals surface area contributed by atoms with Crippen molar-refractivity contribution < 1.29 is 28.2 Å². The van der Waals surface area contributed by atoms with Crippen molar-refractivity contribution >= 4 is 11.9 Å². The second kappa shape index (κ2) is 8.23. The fourth-order valence-corrected chi connectivity index (χ4v) is 2.20. The smallest absolute Gasteiger partial charge is 0.342 e. The summed E-state index contributed by atoms with van der Waals surface area (Å²) in [5.41, 5.74) is 1.13. The summed E-state index contributed by atoms with van der Waals surface area (Å²) in [6, 6.07) is 6.84. The molecule has 1 atom stereocenters. The highest BCUT2D eigenvalue weighted by Gasteiger charge is 2.21. The first-order valence-electron chi connectivity index (χ1n) is 7.70. The number of rotatable bonds is 7. The van der Waals surface area contributed by atoms with Gasteiger partial charge in [-0.1, -0.05) is 6.07 Å². The van der Waals surface area contributed by atoms with Gasteiger partial charge in [-0.3, -0.25) is 4.79 Å². The van der Waals surface area contributed by atoms with Crippen LogP contribution in [0.3, 0.4) is 0 Å². The van der Waals surface area contributed by atoms with Gasteiger partial charge in [0.05, 0.1) is 20.5 Å². The molecular formula is C18H21NO6. The maximum Gasteiger partial charge on any atom is 0.342 e. The summed E-state index contributed by atoms with van der Waals surface area (Å²) in [5, 5.41) is 2.72. The molecule has 0 spiro atoms. The Morgan fingerprint density at radius 1 is 1.16 bits per heavy atom. The van der Waals surface area contributed by atoms with E-state index in [-0.39, 0.29) is 6.54 Å². The van der Waals surface area contributed by atoms with E-state index in [0.717, 1.165) is 5.56 Å². The largest absolute Gasteiger partial charge is 0.493 e. The molecular weight excluding hydrogens is 326 g/mol.